The van der Waals surface area contributed by atoms with Crippen LogP contribution in [0, 0.1) is 6.92 Å². The van der Waals surface area contributed by atoms with E-state index in [9.17, 15) is 4.79 Å². The Kier molecular flexibility index (Phi) is 3.36. The fraction of sp³-hybridized carbons (Fsp3) is 0.636. The SMILES string of the molecule is Cc1ncsc1CC(=O)NC1CCCC1. The molecule has 15 heavy (non-hydrogen) atoms. The first kappa shape index (κ1) is 10.6. The lowest BCUT2D eigenvalue weighted by Gasteiger charge is -2.11. The van der Waals surface area contributed by atoms with Crippen molar-refractivity contribution in [2.75, 3.05) is 0 Å². The highest BCUT2D eigenvalue weighted by Gasteiger charge is 2.17. The van der Waals surface area contributed by atoms with E-state index in [1.54, 1.807) is 16.8 Å². The fourth-order valence-corrected chi connectivity index (χ4v) is 2.77. The molecule has 0 bridgehead atoms. The van der Waals surface area contributed by atoms with Gasteiger partial charge in [0.25, 0.3) is 0 Å². The number of rotatable bonds is 3. The van der Waals surface area contributed by atoms with Crippen LogP contribution in [0.15, 0.2) is 5.51 Å². The highest BCUT2D eigenvalue weighted by molar-refractivity contribution is 7.09. The molecule has 1 fully saturated rings. The molecule has 1 aliphatic rings. The summed E-state index contributed by atoms with van der Waals surface area (Å²) in [5, 5.41) is 3.08. The van der Waals surface area contributed by atoms with Crippen LogP contribution in [0.2, 0.25) is 0 Å². The van der Waals surface area contributed by atoms with Gasteiger partial charge in [-0.1, -0.05) is 12.8 Å². The molecular formula is C11H16N2OS. The number of carbonyl (C=O) groups excluding carboxylic acids is 1. The summed E-state index contributed by atoms with van der Waals surface area (Å²) in [7, 11) is 0. The molecule has 0 spiro atoms. The standard InChI is InChI=1S/C11H16N2OS/c1-8-10(15-7-12-8)6-11(14)13-9-4-2-3-5-9/h7,9H,2-6H2,1H3,(H,13,14). The molecule has 1 aromatic heterocycles. The number of amides is 1. The van der Waals surface area contributed by atoms with E-state index in [1.807, 2.05) is 6.92 Å². The van der Waals surface area contributed by atoms with E-state index in [1.165, 1.54) is 12.8 Å². The smallest absolute Gasteiger partial charge is 0.225 e. The van der Waals surface area contributed by atoms with E-state index in [0.29, 0.717) is 12.5 Å². The van der Waals surface area contributed by atoms with Crippen molar-refractivity contribution in [3.63, 3.8) is 0 Å². The maximum absolute atomic E-state index is 11.7. The topological polar surface area (TPSA) is 42.0 Å². The maximum atomic E-state index is 11.7. The predicted octanol–water partition coefficient (Wildman–Crippen LogP) is 2.05. The van der Waals surface area contributed by atoms with Gasteiger partial charge in [0.05, 0.1) is 17.6 Å². The summed E-state index contributed by atoms with van der Waals surface area (Å²) in [6, 6.07) is 0.422. The molecule has 0 atom stereocenters. The summed E-state index contributed by atoms with van der Waals surface area (Å²) in [5.74, 6) is 0.147. The van der Waals surface area contributed by atoms with Crippen molar-refractivity contribution >= 4 is 17.2 Å². The van der Waals surface area contributed by atoms with Crippen LogP contribution in [0.4, 0.5) is 0 Å². The summed E-state index contributed by atoms with van der Waals surface area (Å²) >= 11 is 1.56. The molecule has 0 aromatic carbocycles. The Morgan fingerprint density at radius 2 is 2.33 bits per heavy atom. The van der Waals surface area contributed by atoms with E-state index in [4.69, 9.17) is 0 Å². The van der Waals surface area contributed by atoms with Gasteiger partial charge in [-0.05, 0) is 19.8 Å². The zero-order valence-electron chi connectivity index (χ0n) is 8.95. The van der Waals surface area contributed by atoms with E-state index in [-0.39, 0.29) is 5.91 Å². The molecule has 3 nitrogen and oxygen atoms in total. The van der Waals surface area contributed by atoms with Crippen LogP contribution in [-0.4, -0.2) is 16.9 Å². The second-order valence-corrected chi connectivity index (χ2v) is 5.03. The quantitative estimate of drug-likeness (QED) is 0.854. The van der Waals surface area contributed by atoms with Gasteiger partial charge in [-0.2, -0.15) is 0 Å². The van der Waals surface area contributed by atoms with Gasteiger partial charge < -0.3 is 5.32 Å². The number of nitrogens with one attached hydrogen (secondary N) is 1. The highest BCUT2D eigenvalue weighted by atomic mass is 32.1. The Hall–Kier alpha value is -0.900. The molecule has 1 saturated carbocycles. The van der Waals surface area contributed by atoms with Gasteiger partial charge >= 0.3 is 0 Å². The van der Waals surface area contributed by atoms with Gasteiger partial charge in [0.15, 0.2) is 0 Å². The van der Waals surface area contributed by atoms with Gasteiger partial charge in [-0.15, -0.1) is 11.3 Å². The van der Waals surface area contributed by atoms with Crippen LogP contribution in [0.3, 0.4) is 0 Å². The van der Waals surface area contributed by atoms with Gasteiger partial charge in [-0.25, -0.2) is 4.98 Å². The van der Waals surface area contributed by atoms with Crippen LogP contribution in [0.25, 0.3) is 0 Å². The monoisotopic (exact) mass is 224 g/mol. The molecule has 1 aliphatic carbocycles. The summed E-state index contributed by atoms with van der Waals surface area (Å²) in [6.45, 7) is 1.95. The van der Waals surface area contributed by atoms with Crippen molar-refractivity contribution in [2.24, 2.45) is 0 Å². The van der Waals surface area contributed by atoms with Crippen molar-refractivity contribution < 1.29 is 4.79 Å². The number of nitrogens with zero attached hydrogens (tertiary/aromatic N) is 1. The van der Waals surface area contributed by atoms with E-state index in [0.717, 1.165) is 23.4 Å². The van der Waals surface area contributed by atoms with E-state index in [2.05, 4.69) is 10.3 Å². The van der Waals surface area contributed by atoms with Crippen molar-refractivity contribution in [3.8, 4) is 0 Å². The summed E-state index contributed by atoms with van der Waals surface area (Å²) in [6.07, 6.45) is 5.29. The molecule has 0 unspecified atom stereocenters. The Morgan fingerprint density at radius 1 is 1.60 bits per heavy atom. The molecule has 0 saturated heterocycles. The first-order valence-corrected chi connectivity index (χ1v) is 6.32. The minimum absolute atomic E-state index is 0.147. The zero-order valence-corrected chi connectivity index (χ0v) is 9.77. The lowest BCUT2D eigenvalue weighted by molar-refractivity contribution is -0.121. The lowest BCUT2D eigenvalue weighted by atomic mass is 10.2. The number of hydrogen-bond acceptors (Lipinski definition) is 3. The zero-order chi connectivity index (χ0) is 10.7. The van der Waals surface area contributed by atoms with Gasteiger partial charge in [0.2, 0.25) is 5.91 Å². The van der Waals surface area contributed by atoms with E-state index < -0.39 is 0 Å². The first-order valence-electron chi connectivity index (χ1n) is 5.44. The average molecular weight is 224 g/mol. The lowest BCUT2D eigenvalue weighted by Crippen LogP contribution is -2.33. The Morgan fingerprint density at radius 3 is 2.93 bits per heavy atom. The van der Waals surface area contributed by atoms with E-state index >= 15 is 0 Å². The van der Waals surface area contributed by atoms with Gasteiger partial charge in [-0.3, -0.25) is 4.79 Å². The third-order valence-electron chi connectivity index (χ3n) is 2.89. The number of hydrogen-bond donors (Lipinski definition) is 1. The van der Waals surface area contributed by atoms with Gasteiger partial charge in [0, 0.05) is 10.9 Å². The van der Waals surface area contributed by atoms with Crippen LogP contribution in [-0.2, 0) is 11.2 Å². The normalized spacial score (nSPS) is 16.9. The van der Waals surface area contributed by atoms with Crippen molar-refractivity contribution in [3.05, 3.63) is 16.1 Å². The Bertz CT molecular complexity index is 342. The molecule has 1 aromatic rings. The minimum atomic E-state index is 0.147. The maximum Gasteiger partial charge on any atom is 0.225 e. The molecular weight excluding hydrogens is 208 g/mol. The third kappa shape index (κ3) is 2.78. The Balaban J connectivity index is 1.84. The second kappa shape index (κ2) is 4.75. The summed E-state index contributed by atoms with van der Waals surface area (Å²) in [5.41, 5.74) is 2.79. The molecule has 0 aliphatic heterocycles. The molecule has 2 rings (SSSR count). The highest BCUT2D eigenvalue weighted by Crippen LogP contribution is 2.18. The predicted molar refractivity (Wildman–Crippen MR) is 61.0 cm³/mol. The van der Waals surface area contributed by atoms with Crippen molar-refractivity contribution in [1.29, 1.82) is 0 Å². The van der Waals surface area contributed by atoms with Gasteiger partial charge in [0.1, 0.15) is 0 Å². The summed E-state index contributed by atoms with van der Waals surface area (Å²) < 4.78 is 0. The second-order valence-electron chi connectivity index (χ2n) is 4.09. The number of aromatic nitrogens is 1. The van der Waals surface area contributed by atoms with Crippen LogP contribution >= 0.6 is 11.3 Å². The largest absolute Gasteiger partial charge is 0.353 e. The fourth-order valence-electron chi connectivity index (χ4n) is 1.99. The molecule has 1 amide bonds. The molecule has 82 valence electrons. The van der Waals surface area contributed by atoms with Crippen molar-refractivity contribution in [1.82, 2.24) is 10.3 Å². The van der Waals surface area contributed by atoms with Crippen LogP contribution in [0.5, 0.6) is 0 Å². The average Bonchev–Trinajstić information content (AvgIpc) is 2.79. The first-order chi connectivity index (χ1) is 7.25. The molecule has 4 heteroatoms. The summed E-state index contributed by atoms with van der Waals surface area (Å²) in [4.78, 5) is 16.9. The number of aryl methyl sites for hydroxylation is 1. The number of carbonyl (C=O) groups is 1. The van der Waals surface area contributed by atoms with Crippen molar-refractivity contribution in [2.45, 2.75) is 45.1 Å². The minimum Gasteiger partial charge on any atom is -0.353 e. The van der Waals surface area contributed by atoms with Crippen LogP contribution < -0.4 is 5.32 Å². The Labute approximate surface area is 93.9 Å². The van der Waals surface area contributed by atoms with Crippen LogP contribution in [0.1, 0.15) is 36.3 Å². The molecule has 0 radical (unpaired) electrons. The third-order valence-corrected chi connectivity index (χ3v) is 3.82. The molecule has 1 N–H and O–H groups in total. The molecule has 1 heterocycles. The number of thiazole rings is 1.